The number of rotatable bonds is 32. The van der Waals surface area contributed by atoms with Gasteiger partial charge in [-0.25, -0.2) is 0 Å². The van der Waals surface area contributed by atoms with E-state index >= 15 is 0 Å². The van der Waals surface area contributed by atoms with E-state index in [1.807, 2.05) is 9.13 Å². The van der Waals surface area contributed by atoms with Crippen LogP contribution in [-0.4, -0.2) is 230 Å². The fourth-order valence-corrected chi connectivity index (χ4v) is 39.4. The molecule has 32 nitrogen and oxygen atoms in total. The first kappa shape index (κ1) is 95.8. The molecule has 0 saturated carbocycles. The number of fused-ring (bicyclic) bond motifs is 8. The second-order valence-corrected chi connectivity index (χ2v) is 96.8. The number of hydrogen-bond acceptors (Lipinski definition) is 30. The van der Waals surface area contributed by atoms with Gasteiger partial charge in [0.05, 0.1) is 0 Å². The van der Waals surface area contributed by atoms with Gasteiger partial charge in [-0.2, -0.15) is 0 Å². The van der Waals surface area contributed by atoms with Gasteiger partial charge in [0.15, 0.2) is 0 Å². The Bertz CT molecular complexity index is 5540. The fourth-order valence-electron chi connectivity index (χ4n) is 15.0. The molecule has 12 aromatic rings. The van der Waals surface area contributed by atoms with E-state index in [0.717, 1.165) is 143 Å². The Kier molecular flexibility index (Phi) is 31.3. The molecular weight excluding hydrogens is 2070 g/mol. The molecule has 4 aliphatic rings. The van der Waals surface area contributed by atoms with E-state index in [1.165, 1.54) is 42.3 Å². The molecule has 16 rings (SSSR count). The molecule has 0 atom stereocenters. The summed E-state index contributed by atoms with van der Waals surface area (Å²) < 4.78 is 86.9. The number of nitrogens with zero attached hydrogens (tertiary/aromatic N) is 16. The van der Waals surface area contributed by atoms with Gasteiger partial charge in [0, 0.05) is 0 Å². The number of nitrogens with two attached hydrogens (primary N) is 4. The number of nitrogen functional groups attached to an aromatic ring is 4. The summed E-state index contributed by atoms with van der Waals surface area (Å²) in [4.78, 5) is 82.8. The third kappa shape index (κ3) is 23.5. The van der Waals surface area contributed by atoms with Crippen LogP contribution in [0.3, 0.4) is 0 Å². The van der Waals surface area contributed by atoms with Crippen LogP contribution in [0.2, 0.25) is 59.3 Å². The summed E-state index contributed by atoms with van der Waals surface area (Å²) in [7, 11) is 0. The molecule has 4 aliphatic heterocycles. The molecule has 4 aromatic carbocycles. The van der Waals surface area contributed by atoms with Crippen LogP contribution in [0.5, 0.6) is 46.0 Å². The van der Waals surface area contributed by atoms with Crippen molar-refractivity contribution in [3.8, 4) is 46.0 Å². The third-order valence-corrected chi connectivity index (χ3v) is 47.8. The van der Waals surface area contributed by atoms with E-state index in [1.54, 1.807) is 23.5 Å². The van der Waals surface area contributed by atoms with E-state index in [0.29, 0.717) is 101 Å². The molecule has 40 heteroatoms. The van der Waals surface area contributed by atoms with Crippen molar-refractivity contribution >= 4 is 179 Å². The molecule has 0 amide bonds. The van der Waals surface area contributed by atoms with Gasteiger partial charge in [0.2, 0.25) is 0 Å². The minimum absolute atomic E-state index is 0.0588. The number of hydrogen-bond donors (Lipinski definition) is 8. The number of anilines is 4. The summed E-state index contributed by atoms with van der Waals surface area (Å²) in [6.07, 6.45) is 4.31. The Hall–Kier alpha value is -7.73. The summed E-state index contributed by atoms with van der Waals surface area (Å²) in [6.45, 7) is 26.3. The number of aryl methyl sites for hydroxylation is 2. The van der Waals surface area contributed by atoms with Gasteiger partial charge in [0.1, 0.15) is 0 Å². The van der Waals surface area contributed by atoms with Crippen LogP contribution in [0.1, 0.15) is 91.0 Å². The van der Waals surface area contributed by atoms with Gasteiger partial charge in [-0.3, -0.25) is 0 Å². The molecule has 0 saturated heterocycles. The molecule has 12 heterocycles. The van der Waals surface area contributed by atoms with E-state index in [4.69, 9.17) is 80.8 Å². The van der Waals surface area contributed by atoms with Crippen molar-refractivity contribution in [1.29, 1.82) is 0 Å². The Morgan fingerprint density at radius 2 is 0.683 bits per heavy atom. The normalized spacial score (nSPS) is 13.5. The number of imidazole rings is 4. The van der Waals surface area contributed by atoms with Gasteiger partial charge in [-0.05, 0) is 0 Å². The number of ether oxygens (including phenoxy) is 8. The molecule has 0 spiro atoms. The van der Waals surface area contributed by atoms with E-state index in [2.05, 4.69) is 233 Å². The minimum atomic E-state index is -2.50. The number of benzene rings is 4. The first-order chi connectivity index (χ1) is 59.7. The molecule has 676 valence electrons. The Morgan fingerprint density at radius 1 is 0.365 bits per heavy atom. The second kappa shape index (κ2) is 41.2. The van der Waals surface area contributed by atoms with Crippen LogP contribution < -0.4 is 96.4 Å². The Morgan fingerprint density at radius 3 is 1.04 bits per heavy atom. The monoisotopic (exact) mass is 2200 g/mol. The van der Waals surface area contributed by atoms with Crippen molar-refractivity contribution in [2.45, 2.75) is 199 Å². The summed E-state index contributed by atoms with van der Waals surface area (Å²) in [5, 5.41) is 15.6. The summed E-state index contributed by atoms with van der Waals surface area (Å²) in [6, 6.07) is 17.8. The number of nitrogens with one attached hydrogen (secondary N) is 4. The average molecular weight is 2200 g/mol. The van der Waals surface area contributed by atoms with E-state index < -0.39 is 85.7 Å². The van der Waals surface area contributed by atoms with Gasteiger partial charge in [-0.15, -0.1) is 0 Å². The summed E-state index contributed by atoms with van der Waals surface area (Å²) in [5.41, 5.74) is 31.2. The maximum atomic E-state index is 14.0. The van der Waals surface area contributed by atoms with Crippen molar-refractivity contribution in [3.63, 3.8) is 0 Å². The molecule has 12 N–H and O–H groups in total. The van der Waals surface area contributed by atoms with Gasteiger partial charge < -0.3 is 0 Å². The van der Waals surface area contributed by atoms with Crippen LogP contribution in [0, 0.1) is 24.0 Å². The van der Waals surface area contributed by atoms with E-state index in [9.17, 15) is 8.78 Å². The van der Waals surface area contributed by atoms with Crippen LogP contribution in [0.4, 0.5) is 32.1 Å². The summed E-state index contributed by atoms with van der Waals surface area (Å²) in [5.74, 6) is 10.1. The Labute approximate surface area is 760 Å². The van der Waals surface area contributed by atoms with Crippen molar-refractivity contribution in [1.82, 2.24) is 99.3 Å². The van der Waals surface area contributed by atoms with Crippen LogP contribution in [0.25, 0.3) is 44.7 Å². The zero-order valence-corrected chi connectivity index (χ0v) is 89.2. The van der Waals surface area contributed by atoms with Gasteiger partial charge in [-0.1, -0.05) is 0 Å². The van der Waals surface area contributed by atoms with Crippen LogP contribution in [-0.2, 0) is 39.0 Å². The van der Waals surface area contributed by atoms with Crippen LogP contribution >= 0.6 is 23.5 Å². The third-order valence-electron chi connectivity index (χ3n) is 21.2. The van der Waals surface area contributed by atoms with Crippen molar-refractivity contribution in [3.05, 3.63) is 96.1 Å². The number of halogens is 2. The predicted molar refractivity (Wildman–Crippen MR) is 506 cm³/mol. The van der Waals surface area contributed by atoms with E-state index in [-0.39, 0.29) is 38.8 Å². The average Bonchev–Trinajstić information content (AvgIpc) is 1.61. The molecule has 0 bridgehead atoms. The summed E-state index contributed by atoms with van der Waals surface area (Å²) >= 11 is -6.59. The standard InChI is InChI=1S/2C19H22FN6O2.2C18H21N6O2S.12CH3.4Sn/c1-11(2)22-6-3-7-26-15(23-16-17(21)24-19(20)25-18(16)26)9-12-4-5-13-14(8-12)28-10-27-13;1-11(2)9-22-5-6-26-15(23-16-17(21)24-19(20)25-18(16)26)8-12-3-4-13-14(7-12)28-10-27-13;1-11(2)20-6-3-7-24-17-15(16(19)21-9-22-17)23-18(24)27-12-4-5-13-14(8-12)26-10-25-13;1-11(2)8-20-5-6-24-17-15(16(19)21-9-22-17)23-18(24)27-12-3-4-13-14(7-12)26-10-25-13;;;;;;;;;;;;;;;;/h5,8,11,22H,3,6-7,9-10H2,1-2H3,(H2,21,24,25);4,7,11,22H,5-6,8-10H2,1-2H3,(H2,21,24,25);5,8-9,11,20H,3,6-7,10H2,1-2H3,(H2,19,21,22);4,7,9,11,20H,5-6,8,10H2,1-2H3,(H2,19,21,22);12*1H3;;;;. The molecular formula is C86H122F2N24O8S2Sn4. The van der Waals surface area contributed by atoms with Crippen LogP contribution in [0.15, 0.2) is 81.3 Å². The molecule has 0 unspecified atom stereocenters. The predicted octanol–water partition coefficient (Wildman–Crippen LogP) is 11.8. The number of aromatic nitrogens is 16. The first-order valence-electron chi connectivity index (χ1n) is 43.0. The van der Waals surface area contributed by atoms with Crippen molar-refractivity contribution < 1.29 is 46.7 Å². The maximum absolute atomic E-state index is 14.0. The molecule has 0 radical (unpaired) electrons. The molecule has 8 aromatic heterocycles. The first-order valence-corrected chi connectivity index (χ1v) is 84.6. The zero-order chi connectivity index (χ0) is 90.4. The van der Waals surface area contributed by atoms with Gasteiger partial charge >= 0.3 is 767 Å². The molecule has 0 fully saturated rings. The zero-order valence-electron chi connectivity index (χ0n) is 76.1. The van der Waals surface area contributed by atoms with Crippen molar-refractivity contribution in [2.24, 2.45) is 11.8 Å². The quantitative estimate of drug-likeness (QED) is 0.0110. The fraction of sp³-hybridized carbons (Fsp3) is 0.488. The second-order valence-electron chi connectivity index (χ2n) is 37.2. The van der Waals surface area contributed by atoms with Gasteiger partial charge in [0.25, 0.3) is 0 Å². The molecule has 0 aliphatic carbocycles. The Balaban J connectivity index is 0.000000144. The SMILES string of the molecule is CC(C)CNCCn1c(Cc2cc3c(c[c]2[Sn]([CH3])([CH3])[CH3])OCO3)nc2c(N)nc(F)nc21.CC(C)CNCCn1c(Sc2cc3c(c[c]2[Sn]([CH3])([CH3])[CH3])OCO3)nc2c(N)ncnc21.CC(C)NCCCn1c(Cc2cc3c(c[c]2[Sn]([CH3])([CH3])[CH3])OCO3)nc2c(N)nc(F)nc21.CC(C)NCCCn1c(Sc2cc3c(c[c]2[Sn]([CH3])([CH3])[CH3])OCO3)nc2c(N)ncnc21. The topological polar surface area (TPSA) is 400 Å². The molecule has 126 heavy (non-hydrogen) atoms. The van der Waals surface area contributed by atoms with Crippen molar-refractivity contribution in [2.75, 3.05) is 89.4 Å².